The lowest BCUT2D eigenvalue weighted by Crippen LogP contribution is -2.46. The van der Waals surface area contributed by atoms with Gasteiger partial charge in [0.15, 0.2) is 6.61 Å². The Morgan fingerprint density at radius 3 is 2.58 bits per heavy atom. The van der Waals surface area contributed by atoms with E-state index in [4.69, 9.17) is 4.74 Å². The van der Waals surface area contributed by atoms with Crippen LogP contribution in [0, 0.1) is 0 Å². The summed E-state index contributed by atoms with van der Waals surface area (Å²) in [6.45, 7) is 0.186. The molecule has 0 aromatic heterocycles. The number of nitrogens with one attached hydrogen (secondary N) is 1. The summed E-state index contributed by atoms with van der Waals surface area (Å²) in [6.07, 6.45) is 3.67. The molecule has 1 aliphatic carbocycles. The van der Waals surface area contributed by atoms with Crippen LogP contribution in [0.1, 0.15) is 37.7 Å². The maximum absolute atomic E-state index is 12.1. The Labute approximate surface area is 152 Å². The van der Waals surface area contributed by atoms with Crippen molar-refractivity contribution < 1.29 is 19.1 Å². The number of amides is 2. The first-order valence-electron chi connectivity index (χ1n) is 8.84. The Balaban J connectivity index is 1.48. The maximum Gasteiger partial charge on any atom is 0.355 e. The monoisotopic (exact) mass is 357 g/mol. The smallest absolute Gasteiger partial charge is 0.355 e. The molecule has 2 aliphatic rings. The third-order valence-corrected chi connectivity index (χ3v) is 5.10. The van der Waals surface area contributed by atoms with E-state index in [0.717, 1.165) is 24.3 Å². The highest BCUT2D eigenvalue weighted by Crippen LogP contribution is 2.43. The number of hydrogen-bond acceptors (Lipinski definition) is 5. The van der Waals surface area contributed by atoms with Crippen molar-refractivity contribution in [2.45, 2.75) is 37.5 Å². The Hall–Kier alpha value is -2.70. The molecular formula is C19H23N3O4. The molecule has 1 fully saturated rings. The van der Waals surface area contributed by atoms with Crippen LogP contribution < -0.4 is 5.32 Å². The van der Waals surface area contributed by atoms with Gasteiger partial charge in [0.1, 0.15) is 5.71 Å². The van der Waals surface area contributed by atoms with Gasteiger partial charge in [-0.25, -0.2) is 9.80 Å². The van der Waals surface area contributed by atoms with Crippen LogP contribution in [0.2, 0.25) is 0 Å². The van der Waals surface area contributed by atoms with Crippen molar-refractivity contribution in [3.8, 4) is 0 Å². The molecule has 0 bridgehead atoms. The molecule has 7 nitrogen and oxygen atoms in total. The first kappa shape index (κ1) is 18.1. The van der Waals surface area contributed by atoms with Gasteiger partial charge in [-0.1, -0.05) is 36.8 Å². The fourth-order valence-electron chi connectivity index (χ4n) is 3.31. The fraction of sp³-hybridized carbons (Fsp3) is 0.474. The average molecular weight is 357 g/mol. The molecule has 0 spiro atoms. The van der Waals surface area contributed by atoms with Crippen LogP contribution in [0.5, 0.6) is 0 Å². The van der Waals surface area contributed by atoms with Gasteiger partial charge in [-0.2, -0.15) is 5.10 Å². The van der Waals surface area contributed by atoms with Gasteiger partial charge in [-0.05, 0) is 18.4 Å². The molecule has 1 saturated carbocycles. The van der Waals surface area contributed by atoms with Crippen LogP contribution in [0.15, 0.2) is 35.4 Å². The van der Waals surface area contributed by atoms with Crippen molar-refractivity contribution in [1.82, 2.24) is 10.3 Å². The molecule has 1 aromatic carbocycles. The number of benzene rings is 1. The number of nitrogens with zero attached hydrogens (tertiary/aromatic N) is 2. The van der Waals surface area contributed by atoms with Crippen molar-refractivity contribution in [3.05, 3.63) is 35.9 Å². The second-order valence-electron chi connectivity index (χ2n) is 6.82. The van der Waals surface area contributed by atoms with E-state index >= 15 is 0 Å². The van der Waals surface area contributed by atoms with Gasteiger partial charge in [0.05, 0.1) is 0 Å². The Bertz CT molecular complexity index is 726. The summed E-state index contributed by atoms with van der Waals surface area (Å²) >= 11 is 0. The van der Waals surface area contributed by atoms with Gasteiger partial charge in [0.25, 0.3) is 5.91 Å². The quantitative estimate of drug-likeness (QED) is 0.779. The van der Waals surface area contributed by atoms with Crippen LogP contribution in [0.4, 0.5) is 0 Å². The van der Waals surface area contributed by atoms with E-state index in [9.17, 15) is 14.4 Å². The van der Waals surface area contributed by atoms with E-state index in [2.05, 4.69) is 22.6 Å². The minimum atomic E-state index is -0.652. The molecule has 138 valence electrons. The zero-order valence-electron chi connectivity index (χ0n) is 14.9. The molecule has 0 radical (unpaired) electrons. The van der Waals surface area contributed by atoms with Gasteiger partial charge in [-0.3, -0.25) is 9.59 Å². The predicted molar refractivity (Wildman–Crippen MR) is 95.4 cm³/mol. The molecule has 7 heteroatoms. The summed E-state index contributed by atoms with van der Waals surface area (Å²) in [5.74, 6) is -1.13. The largest absolute Gasteiger partial charge is 0.451 e. The summed E-state index contributed by atoms with van der Waals surface area (Å²) in [5, 5.41) is 7.89. The van der Waals surface area contributed by atoms with Gasteiger partial charge in [0.2, 0.25) is 5.91 Å². The lowest BCUT2D eigenvalue weighted by molar-refractivity contribution is -0.142. The first-order chi connectivity index (χ1) is 12.5. The number of hydrogen-bond donors (Lipinski definition) is 1. The minimum absolute atomic E-state index is 0.0164. The molecular weight excluding hydrogens is 334 g/mol. The third-order valence-electron chi connectivity index (χ3n) is 5.10. The van der Waals surface area contributed by atoms with Crippen LogP contribution in [0.25, 0.3) is 0 Å². The molecule has 2 amide bonds. The number of rotatable bonds is 6. The molecule has 1 aliphatic heterocycles. The van der Waals surface area contributed by atoms with Gasteiger partial charge >= 0.3 is 5.97 Å². The highest BCUT2D eigenvalue weighted by atomic mass is 16.5. The molecule has 3 rings (SSSR count). The number of carbonyl (C=O) groups excluding carboxylic acids is 3. The average Bonchev–Trinajstić information content (AvgIpc) is 2.62. The molecule has 1 N–H and O–H groups in total. The minimum Gasteiger partial charge on any atom is -0.451 e. The van der Waals surface area contributed by atoms with Crippen molar-refractivity contribution in [1.29, 1.82) is 0 Å². The van der Waals surface area contributed by atoms with Crippen LogP contribution >= 0.6 is 0 Å². The van der Waals surface area contributed by atoms with Crippen molar-refractivity contribution in [2.24, 2.45) is 5.10 Å². The van der Waals surface area contributed by atoms with E-state index in [1.54, 1.807) is 0 Å². The molecule has 0 unspecified atom stereocenters. The van der Waals surface area contributed by atoms with E-state index in [1.807, 2.05) is 18.2 Å². The summed E-state index contributed by atoms with van der Waals surface area (Å²) in [7, 11) is 1.49. The van der Waals surface area contributed by atoms with Crippen LogP contribution in [0.3, 0.4) is 0 Å². The SMILES string of the molecule is CN1N=C(C(=O)OCC(=O)NCC2(c3ccccc3)CCC2)CCC1=O. The van der Waals surface area contributed by atoms with E-state index in [-0.39, 0.29) is 42.4 Å². The Morgan fingerprint density at radius 1 is 1.23 bits per heavy atom. The number of esters is 1. The van der Waals surface area contributed by atoms with E-state index in [1.165, 1.54) is 12.6 Å². The standard InChI is InChI=1S/C19H23N3O4/c1-22-17(24)9-8-15(21-22)18(25)26-12-16(23)20-13-19(10-5-11-19)14-6-3-2-4-7-14/h2-4,6-7H,5,8-13H2,1H3,(H,20,23). The zero-order chi connectivity index (χ0) is 18.6. The Morgan fingerprint density at radius 2 is 1.96 bits per heavy atom. The van der Waals surface area contributed by atoms with Gasteiger partial charge < -0.3 is 10.1 Å². The first-order valence-corrected chi connectivity index (χ1v) is 8.84. The molecule has 0 atom stereocenters. The molecule has 1 heterocycles. The summed E-state index contributed by atoms with van der Waals surface area (Å²) in [5.41, 5.74) is 1.38. The molecule has 26 heavy (non-hydrogen) atoms. The molecule has 0 saturated heterocycles. The Kier molecular flexibility index (Phi) is 5.35. The van der Waals surface area contributed by atoms with E-state index in [0.29, 0.717) is 6.54 Å². The maximum atomic E-state index is 12.1. The van der Waals surface area contributed by atoms with Crippen LogP contribution in [-0.2, 0) is 24.5 Å². The second kappa shape index (κ2) is 7.68. The summed E-state index contributed by atoms with van der Waals surface area (Å²) in [6, 6.07) is 10.2. The fourth-order valence-corrected chi connectivity index (χ4v) is 3.31. The molecule has 1 aromatic rings. The van der Waals surface area contributed by atoms with Crippen molar-refractivity contribution in [2.75, 3.05) is 20.2 Å². The third kappa shape index (κ3) is 3.92. The van der Waals surface area contributed by atoms with E-state index < -0.39 is 5.97 Å². The van der Waals surface area contributed by atoms with Crippen molar-refractivity contribution >= 4 is 23.5 Å². The lowest BCUT2D eigenvalue weighted by Gasteiger charge is -2.42. The number of carbonyl (C=O) groups is 3. The predicted octanol–water partition coefficient (Wildman–Crippen LogP) is 1.38. The number of ether oxygens (including phenoxy) is 1. The van der Waals surface area contributed by atoms with Gasteiger partial charge in [0, 0.05) is 31.8 Å². The van der Waals surface area contributed by atoms with Crippen LogP contribution in [-0.4, -0.2) is 48.7 Å². The van der Waals surface area contributed by atoms with Gasteiger partial charge in [-0.15, -0.1) is 0 Å². The normalized spacial score (nSPS) is 18.6. The summed E-state index contributed by atoms with van der Waals surface area (Å²) < 4.78 is 5.03. The lowest BCUT2D eigenvalue weighted by atomic mass is 9.64. The topological polar surface area (TPSA) is 88.1 Å². The second-order valence-corrected chi connectivity index (χ2v) is 6.82. The number of hydrazone groups is 1. The van der Waals surface area contributed by atoms with Crippen molar-refractivity contribution in [3.63, 3.8) is 0 Å². The highest BCUT2D eigenvalue weighted by molar-refractivity contribution is 6.37. The summed E-state index contributed by atoms with van der Waals surface area (Å²) in [4.78, 5) is 35.4. The zero-order valence-corrected chi connectivity index (χ0v) is 14.9. The highest BCUT2D eigenvalue weighted by Gasteiger charge is 2.38.